The summed E-state index contributed by atoms with van der Waals surface area (Å²) in [5.41, 5.74) is 0. The summed E-state index contributed by atoms with van der Waals surface area (Å²) in [4.78, 5) is 0. The zero-order chi connectivity index (χ0) is 6.95. The third-order valence-electron chi connectivity index (χ3n) is 0.667. The summed E-state index contributed by atoms with van der Waals surface area (Å²) in [5, 5.41) is 7.32. The van der Waals surface area contributed by atoms with E-state index < -0.39 is 0 Å². The number of nitrogens with zero attached hydrogens (tertiary/aromatic N) is 1. The quantitative estimate of drug-likeness (QED) is 0.595. The molecule has 0 spiro atoms. The average Bonchev–Trinajstić information content (AvgIpc) is 1.93. The van der Waals surface area contributed by atoms with Crippen LogP contribution >= 0.6 is 0 Å². The van der Waals surface area contributed by atoms with E-state index in [0.717, 1.165) is 0 Å². The maximum atomic E-state index is 7.32. The van der Waals surface area contributed by atoms with E-state index in [0.29, 0.717) is 0 Å². The minimum atomic E-state index is 0. The maximum absolute atomic E-state index is 7.32. The van der Waals surface area contributed by atoms with Crippen LogP contribution in [0.2, 0.25) is 0 Å². The highest BCUT2D eigenvalue weighted by molar-refractivity contribution is 4.99. The van der Waals surface area contributed by atoms with Crippen LogP contribution in [-0.2, 0) is 0 Å². The fourth-order valence-electron chi connectivity index (χ4n) is 0.385. The van der Waals surface area contributed by atoms with Crippen molar-refractivity contribution in [2.24, 2.45) is 0 Å². The lowest BCUT2D eigenvalue weighted by atomic mass is 10.4. The Balaban J connectivity index is 0. The lowest BCUT2D eigenvalue weighted by molar-refractivity contribution is 1.49. The predicted octanol–water partition coefficient (Wildman–Crippen LogP) is 2.38. The molecule has 10 heavy (non-hydrogen) atoms. The fourth-order valence-corrected chi connectivity index (χ4v) is 0.385. The normalized spacial score (nSPS) is 5.60. The topological polar surface area (TPSA) is 58.8 Å². The Bertz CT molecular complexity index is 138. The van der Waals surface area contributed by atoms with Gasteiger partial charge in [0, 0.05) is 6.92 Å². The van der Waals surface area contributed by atoms with Crippen LogP contribution in [0.3, 0.4) is 0 Å². The predicted molar refractivity (Wildman–Crippen MR) is 42.8 cm³/mol. The lowest BCUT2D eigenvalue weighted by Gasteiger charge is -1.69. The largest absolute Gasteiger partial charge is 0.344 e. The Labute approximate surface area is 61.7 Å². The summed E-state index contributed by atoms with van der Waals surface area (Å²) in [6.07, 6.45) is 0. The Kier molecular flexibility index (Phi) is 12.2. The van der Waals surface area contributed by atoms with Gasteiger partial charge in [0.1, 0.15) is 0 Å². The summed E-state index contributed by atoms with van der Waals surface area (Å²) in [6, 6.07) is 13.8. The zero-order valence-corrected chi connectivity index (χ0v) is 6.12. The van der Waals surface area contributed by atoms with E-state index in [1.54, 1.807) is 6.07 Å². The summed E-state index contributed by atoms with van der Waals surface area (Å²) >= 11 is 0. The van der Waals surface area contributed by atoms with Crippen LogP contribution in [0.5, 0.6) is 0 Å². The smallest absolute Gasteiger partial charge is 0.0587 e. The van der Waals surface area contributed by atoms with Gasteiger partial charge in [0.25, 0.3) is 0 Å². The number of rotatable bonds is 0. The van der Waals surface area contributed by atoms with E-state index in [-0.39, 0.29) is 6.15 Å². The summed E-state index contributed by atoms with van der Waals surface area (Å²) in [6.45, 7) is 1.43. The zero-order valence-electron chi connectivity index (χ0n) is 6.12. The van der Waals surface area contributed by atoms with E-state index in [4.69, 9.17) is 5.26 Å². The summed E-state index contributed by atoms with van der Waals surface area (Å²) in [5.74, 6) is 0. The van der Waals surface area contributed by atoms with Gasteiger partial charge < -0.3 is 6.15 Å². The number of nitriles is 1. The molecule has 1 rings (SSSR count). The van der Waals surface area contributed by atoms with Crippen molar-refractivity contribution in [2.75, 3.05) is 0 Å². The molecule has 0 atom stereocenters. The second-order valence-corrected chi connectivity index (χ2v) is 1.38. The molecule has 0 aromatic heterocycles. The van der Waals surface area contributed by atoms with Crippen molar-refractivity contribution < 1.29 is 0 Å². The van der Waals surface area contributed by atoms with Crippen LogP contribution in [0.1, 0.15) is 6.92 Å². The molecule has 1 aromatic rings. The molecule has 2 nitrogen and oxygen atoms in total. The molecule has 0 heterocycles. The minimum Gasteiger partial charge on any atom is -0.344 e. The van der Waals surface area contributed by atoms with Gasteiger partial charge in [0.05, 0.1) is 6.07 Å². The van der Waals surface area contributed by atoms with E-state index >= 15 is 0 Å². The monoisotopic (exact) mass is 136 g/mol. The molecular formula is C8H12N2. The highest BCUT2D eigenvalue weighted by Gasteiger charge is 1.57. The first-order chi connectivity index (χ1) is 4.41. The van der Waals surface area contributed by atoms with Gasteiger partial charge in [-0.25, -0.2) is 0 Å². The van der Waals surface area contributed by atoms with E-state index in [1.807, 2.05) is 36.4 Å². The van der Waals surface area contributed by atoms with Crippen molar-refractivity contribution in [2.45, 2.75) is 6.92 Å². The molecule has 0 saturated carbocycles. The molecule has 3 N–H and O–H groups in total. The molecule has 0 aliphatic heterocycles. The second-order valence-electron chi connectivity index (χ2n) is 1.38. The van der Waals surface area contributed by atoms with Gasteiger partial charge in [-0.1, -0.05) is 36.4 Å². The van der Waals surface area contributed by atoms with Crippen LogP contribution in [0.15, 0.2) is 36.4 Å². The Morgan fingerprint density at radius 2 is 1.00 bits per heavy atom. The molecule has 2 heteroatoms. The molecule has 0 radical (unpaired) electrons. The SMILES string of the molecule is CC#N.N.c1ccccc1. The first-order valence-corrected chi connectivity index (χ1v) is 2.72. The Morgan fingerprint density at radius 1 is 0.900 bits per heavy atom. The maximum Gasteiger partial charge on any atom is 0.0587 e. The number of benzene rings is 1. The molecule has 54 valence electrons. The minimum absolute atomic E-state index is 0. The average molecular weight is 136 g/mol. The van der Waals surface area contributed by atoms with Crippen molar-refractivity contribution in [3.05, 3.63) is 36.4 Å². The molecule has 1 aromatic carbocycles. The first kappa shape index (κ1) is 11.5. The van der Waals surface area contributed by atoms with Crippen molar-refractivity contribution in [3.63, 3.8) is 0 Å². The van der Waals surface area contributed by atoms with E-state index in [1.165, 1.54) is 6.92 Å². The van der Waals surface area contributed by atoms with Crippen molar-refractivity contribution in [3.8, 4) is 6.07 Å². The Hall–Kier alpha value is -1.33. The van der Waals surface area contributed by atoms with Gasteiger partial charge in [-0.2, -0.15) is 5.26 Å². The van der Waals surface area contributed by atoms with E-state index in [2.05, 4.69) is 0 Å². The van der Waals surface area contributed by atoms with Crippen LogP contribution in [0, 0.1) is 11.3 Å². The molecule has 0 amide bonds. The summed E-state index contributed by atoms with van der Waals surface area (Å²) < 4.78 is 0. The van der Waals surface area contributed by atoms with Crippen molar-refractivity contribution in [1.82, 2.24) is 6.15 Å². The number of hydrogen-bond donors (Lipinski definition) is 1. The molecule has 0 unspecified atom stereocenters. The van der Waals surface area contributed by atoms with E-state index in [9.17, 15) is 0 Å². The van der Waals surface area contributed by atoms with Gasteiger partial charge in [-0.3, -0.25) is 0 Å². The molecule has 0 fully saturated rings. The van der Waals surface area contributed by atoms with Gasteiger partial charge >= 0.3 is 0 Å². The Morgan fingerprint density at radius 3 is 1.10 bits per heavy atom. The van der Waals surface area contributed by atoms with Crippen LogP contribution in [-0.4, -0.2) is 0 Å². The van der Waals surface area contributed by atoms with Gasteiger partial charge in [0.2, 0.25) is 0 Å². The molecule has 0 bridgehead atoms. The third-order valence-corrected chi connectivity index (χ3v) is 0.667. The van der Waals surface area contributed by atoms with Crippen LogP contribution < -0.4 is 6.15 Å². The molecule has 0 saturated heterocycles. The lowest BCUT2D eigenvalue weighted by Crippen LogP contribution is -1.47. The van der Waals surface area contributed by atoms with Gasteiger partial charge in [-0.15, -0.1) is 0 Å². The first-order valence-electron chi connectivity index (χ1n) is 2.72. The van der Waals surface area contributed by atoms with Crippen molar-refractivity contribution >= 4 is 0 Å². The number of hydrogen-bond acceptors (Lipinski definition) is 2. The molecular weight excluding hydrogens is 124 g/mol. The fraction of sp³-hybridized carbons (Fsp3) is 0.125. The van der Waals surface area contributed by atoms with Crippen LogP contribution in [0.4, 0.5) is 0 Å². The summed E-state index contributed by atoms with van der Waals surface area (Å²) in [7, 11) is 0. The standard InChI is InChI=1S/C6H6.C2H3N.H3N/c1-2-4-6-5-3-1;1-2-3;/h1-6H;1H3;1H3. The molecule has 0 aliphatic carbocycles. The highest BCUT2D eigenvalue weighted by Crippen LogP contribution is 1.79. The van der Waals surface area contributed by atoms with Crippen molar-refractivity contribution in [1.29, 1.82) is 5.26 Å². The van der Waals surface area contributed by atoms with Gasteiger partial charge in [0.15, 0.2) is 0 Å². The van der Waals surface area contributed by atoms with Crippen LogP contribution in [0.25, 0.3) is 0 Å². The third kappa shape index (κ3) is 9.83. The highest BCUT2D eigenvalue weighted by atomic mass is 14.2. The van der Waals surface area contributed by atoms with Gasteiger partial charge in [-0.05, 0) is 0 Å². The second kappa shape index (κ2) is 10.6. The molecule has 0 aliphatic rings.